The van der Waals surface area contributed by atoms with E-state index in [0.29, 0.717) is 29.4 Å². The van der Waals surface area contributed by atoms with Crippen LogP contribution in [-0.4, -0.2) is 38.1 Å². The molecular formula is C11H16N6O. The molecule has 1 aliphatic carbocycles. The minimum Gasteiger partial charge on any atom is -0.339 e. The first-order chi connectivity index (χ1) is 8.88. The van der Waals surface area contributed by atoms with E-state index in [9.17, 15) is 0 Å². The number of aromatic amines is 1. The lowest BCUT2D eigenvalue weighted by Gasteiger charge is -2.16. The molecule has 2 atom stereocenters. The second kappa shape index (κ2) is 4.85. The molecular weight excluding hydrogens is 232 g/mol. The topological polar surface area (TPSA) is 92.5 Å². The van der Waals surface area contributed by atoms with Crippen molar-refractivity contribution < 1.29 is 4.52 Å². The Morgan fingerprint density at radius 1 is 1.50 bits per heavy atom. The SMILES string of the molecule is CCNC1CCCC1c1nc(-c2cn[nH]n2)no1. The first-order valence-electron chi connectivity index (χ1n) is 6.31. The summed E-state index contributed by atoms with van der Waals surface area (Å²) in [6.45, 7) is 3.08. The van der Waals surface area contributed by atoms with E-state index >= 15 is 0 Å². The molecule has 1 saturated carbocycles. The lowest BCUT2D eigenvalue weighted by Crippen LogP contribution is -2.31. The van der Waals surface area contributed by atoms with Gasteiger partial charge in [-0.15, -0.1) is 0 Å². The van der Waals surface area contributed by atoms with Crippen molar-refractivity contribution in [2.24, 2.45) is 0 Å². The summed E-state index contributed by atoms with van der Waals surface area (Å²) in [5.74, 6) is 1.52. The van der Waals surface area contributed by atoms with Crippen LogP contribution in [0.2, 0.25) is 0 Å². The molecule has 1 aliphatic rings. The zero-order valence-corrected chi connectivity index (χ0v) is 10.3. The molecule has 0 amide bonds. The van der Waals surface area contributed by atoms with E-state index < -0.39 is 0 Å². The minimum absolute atomic E-state index is 0.318. The summed E-state index contributed by atoms with van der Waals surface area (Å²) in [7, 11) is 0. The number of H-pyrrole nitrogens is 1. The smallest absolute Gasteiger partial charge is 0.231 e. The maximum Gasteiger partial charge on any atom is 0.231 e. The predicted octanol–water partition coefficient (Wildman–Crippen LogP) is 1.10. The highest BCUT2D eigenvalue weighted by Crippen LogP contribution is 2.34. The van der Waals surface area contributed by atoms with E-state index in [2.05, 4.69) is 37.8 Å². The molecule has 2 heterocycles. The summed E-state index contributed by atoms with van der Waals surface area (Å²) in [4.78, 5) is 4.43. The fourth-order valence-electron chi connectivity index (χ4n) is 2.56. The van der Waals surface area contributed by atoms with Crippen LogP contribution in [0.5, 0.6) is 0 Å². The molecule has 7 nitrogen and oxygen atoms in total. The molecule has 0 radical (unpaired) electrons. The van der Waals surface area contributed by atoms with Gasteiger partial charge in [0.05, 0.1) is 12.1 Å². The Hall–Kier alpha value is -1.76. The van der Waals surface area contributed by atoms with Crippen molar-refractivity contribution in [1.82, 2.24) is 30.9 Å². The number of hydrogen-bond donors (Lipinski definition) is 2. The fourth-order valence-corrected chi connectivity index (χ4v) is 2.56. The molecule has 0 bridgehead atoms. The van der Waals surface area contributed by atoms with Crippen LogP contribution in [0.4, 0.5) is 0 Å². The van der Waals surface area contributed by atoms with Gasteiger partial charge >= 0.3 is 0 Å². The predicted molar refractivity (Wildman–Crippen MR) is 63.7 cm³/mol. The van der Waals surface area contributed by atoms with Crippen LogP contribution in [0.25, 0.3) is 11.5 Å². The molecule has 2 N–H and O–H groups in total. The van der Waals surface area contributed by atoms with Gasteiger partial charge in [0.1, 0.15) is 0 Å². The first-order valence-corrected chi connectivity index (χ1v) is 6.31. The number of nitrogens with zero attached hydrogens (tertiary/aromatic N) is 4. The van der Waals surface area contributed by atoms with E-state index in [1.54, 1.807) is 6.20 Å². The molecule has 2 unspecified atom stereocenters. The average molecular weight is 248 g/mol. The van der Waals surface area contributed by atoms with E-state index in [0.717, 1.165) is 13.0 Å². The van der Waals surface area contributed by atoms with Crippen LogP contribution >= 0.6 is 0 Å². The monoisotopic (exact) mass is 248 g/mol. The number of nitrogens with one attached hydrogen (secondary N) is 2. The van der Waals surface area contributed by atoms with Crippen molar-refractivity contribution in [2.75, 3.05) is 6.54 Å². The van der Waals surface area contributed by atoms with Gasteiger partial charge in [0.25, 0.3) is 0 Å². The normalized spacial score (nSPS) is 23.6. The van der Waals surface area contributed by atoms with E-state index in [4.69, 9.17) is 4.52 Å². The summed E-state index contributed by atoms with van der Waals surface area (Å²) >= 11 is 0. The van der Waals surface area contributed by atoms with Crippen LogP contribution < -0.4 is 5.32 Å². The Kier molecular flexibility index (Phi) is 3.06. The quantitative estimate of drug-likeness (QED) is 0.841. The van der Waals surface area contributed by atoms with Crippen LogP contribution in [0.3, 0.4) is 0 Å². The third kappa shape index (κ3) is 2.01. The summed E-state index contributed by atoms with van der Waals surface area (Å²) in [5, 5.41) is 17.7. The molecule has 18 heavy (non-hydrogen) atoms. The van der Waals surface area contributed by atoms with Gasteiger partial charge in [0.15, 0.2) is 5.69 Å². The maximum atomic E-state index is 5.37. The Morgan fingerprint density at radius 2 is 2.44 bits per heavy atom. The number of likely N-dealkylation sites (N-methyl/N-ethyl adjacent to an activating group) is 1. The van der Waals surface area contributed by atoms with E-state index in [1.807, 2.05) is 0 Å². The number of aromatic nitrogens is 5. The molecule has 0 saturated heterocycles. The lowest BCUT2D eigenvalue weighted by atomic mass is 10.0. The zero-order chi connectivity index (χ0) is 12.4. The standard InChI is InChI=1S/C11H16N6O/c1-2-12-8-5-3-4-7(8)11-14-10(16-18-11)9-6-13-17-15-9/h6-8,12H,2-5H2,1H3,(H,13,15,17). The van der Waals surface area contributed by atoms with Crippen molar-refractivity contribution in [3.05, 3.63) is 12.1 Å². The zero-order valence-electron chi connectivity index (χ0n) is 10.3. The fraction of sp³-hybridized carbons (Fsp3) is 0.636. The van der Waals surface area contributed by atoms with Crippen molar-refractivity contribution in [3.63, 3.8) is 0 Å². The second-order valence-corrected chi connectivity index (χ2v) is 4.51. The maximum absolute atomic E-state index is 5.37. The minimum atomic E-state index is 0.318. The number of rotatable bonds is 4. The molecule has 2 aromatic rings. The molecule has 2 aromatic heterocycles. The van der Waals surface area contributed by atoms with Gasteiger partial charge in [-0.25, -0.2) is 0 Å². The van der Waals surface area contributed by atoms with Gasteiger partial charge < -0.3 is 9.84 Å². The number of hydrogen-bond acceptors (Lipinski definition) is 6. The lowest BCUT2D eigenvalue weighted by molar-refractivity contribution is 0.332. The third-order valence-corrected chi connectivity index (χ3v) is 3.39. The van der Waals surface area contributed by atoms with Crippen LogP contribution in [-0.2, 0) is 0 Å². The van der Waals surface area contributed by atoms with Crippen molar-refractivity contribution in [3.8, 4) is 11.5 Å². The molecule has 0 aromatic carbocycles. The molecule has 0 spiro atoms. The summed E-state index contributed by atoms with van der Waals surface area (Å²) in [5.41, 5.74) is 0.614. The van der Waals surface area contributed by atoms with Gasteiger partial charge in [-0.3, -0.25) is 0 Å². The van der Waals surface area contributed by atoms with Gasteiger partial charge in [0, 0.05) is 6.04 Å². The van der Waals surface area contributed by atoms with Gasteiger partial charge in [-0.1, -0.05) is 18.5 Å². The molecule has 7 heteroatoms. The van der Waals surface area contributed by atoms with Crippen molar-refractivity contribution in [2.45, 2.75) is 38.1 Å². The molecule has 0 aliphatic heterocycles. The summed E-state index contributed by atoms with van der Waals surface area (Å²) in [6.07, 6.45) is 5.05. The van der Waals surface area contributed by atoms with Crippen LogP contribution in [0, 0.1) is 0 Å². The Bertz CT molecular complexity index is 493. The van der Waals surface area contributed by atoms with Crippen molar-refractivity contribution >= 4 is 0 Å². The van der Waals surface area contributed by atoms with Gasteiger partial charge in [0.2, 0.25) is 11.7 Å². The Balaban J connectivity index is 1.80. The van der Waals surface area contributed by atoms with Crippen molar-refractivity contribution in [1.29, 1.82) is 0 Å². The molecule has 1 fully saturated rings. The summed E-state index contributed by atoms with van der Waals surface area (Å²) in [6, 6.07) is 0.445. The Morgan fingerprint density at radius 3 is 3.22 bits per heavy atom. The summed E-state index contributed by atoms with van der Waals surface area (Å²) < 4.78 is 5.37. The highest BCUT2D eigenvalue weighted by molar-refractivity contribution is 5.44. The van der Waals surface area contributed by atoms with Crippen LogP contribution in [0.1, 0.15) is 38.0 Å². The Labute approximate surface area is 104 Å². The third-order valence-electron chi connectivity index (χ3n) is 3.39. The highest BCUT2D eigenvalue weighted by atomic mass is 16.5. The first kappa shape index (κ1) is 11.3. The van der Waals surface area contributed by atoms with Crippen LogP contribution in [0.15, 0.2) is 10.7 Å². The molecule has 3 rings (SSSR count). The average Bonchev–Trinajstić information content (AvgIpc) is 3.10. The second-order valence-electron chi connectivity index (χ2n) is 4.51. The van der Waals surface area contributed by atoms with Gasteiger partial charge in [-0.2, -0.15) is 20.4 Å². The van der Waals surface area contributed by atoms with E-state index in [1.165, 1.54) is 12.8 Å². The van der Waals surface area contributed by atoms with Gasteiger partial charge in [-0.05, 0) is 19.4 Å². The van der Waals surface area contributed by atoms with E-state index in [-0.39, 0.29) is 0 Å². The highest BCUT2D eigenvalue weighted by Gasteiger charge is 2.32. The molecule has 96 valence electrons. The largest absolute Gasteiger partial charge is 0.339 e.